The minimum absolute atomic E-state index is 0.379. The van der Waals surface area contributed by atoms with E-state index < -0.39 is 0 Å². The maximum absolute atomic E-state index is 12.6. The lowest BCUT2D eigenvalue weighted by molar-refractivity contribution is -0.138. The second-order valence-electron chi connectivity index (χ2n) is 6.27. The van der Waals surface area contributed by atoms with Crippen LogP contribution in [0.15, 0.2) is 0 Å². The largest absolute Gasteiger partial charge is 0.339 e. The van der Waals surface area contributed by atoms with E-state index in [9.17, 15) is 4.79 Å². The molecule has 2 unspecified atom stereocenters. The third kappa shape index (κ3) is 2.23. The van der Waals surface area contributed by atoms with Gasteiger partial charge in [-0.25, -0.2) is 0 Å². The summed E-state index contributed by atoms with van der Waals surface area (Å²) < 4.78 is 0. The number of nitrogens with zero attached hydrogens (tertiary/aromatic N) is 1. The molecular weight excluding hydrogens is 210 g/mol. The van der Waals surface area contributed by atoms with Gasteiger partial charge in [0.25, 0.3) is 0 Å². The highest BCUT2D eigenvalue weighted by Gasteiger charge is 2.40. The van der Waals surface area contributed by atoms with Crippen LogP contribution in [0, 0.1) is 11.8 Å². The fourth-order valence-electron chi connectivity index (χ4n) is 4.26. The third-order valence-electron chi connectivity index (χ3n) is 5.25. The number of amides is 1. The summed E-state index contributed by atoms with van der Waals surface area (Å²) in [5.41, 5.74) is 0. The van der Waals surface area contributed by atoms with E-state index in [1.807, 2.05) is 0 Å². The van der Waals surface area contributed by atoms with Crippen LogP contribution in [-0.4, -0.2) is 23.4 Å². The molecule has 2 aliphatic carbocycles. The summed E-state index contributed by atoms with van der Waals surface area (Å²) >= 11 is 0. The van der Waals surface area contributed by atoms with Crippen molar-refractivity contribution in [2.75, 3.05) is 6.54 Å². The topological polar surface area (TPSA) is 20.3 Å². The van der Waals surface area contributed by atoms with Crippen LogP contribution in [0.5, 0.6) is 0 Å². The van der Waals surface area contributed by atoms with Crippen molar-refractivity contribution in [3.8, 4) is 0 Å². The quantitative estimate of drug-likeness (QED) is 0.682. The normalized spacial score (nSPS) is 34.7. The molecule has 0 aromatic rings. The Labute approximate surface area is 105 Å². The summed E-state index contributed by atoms with van der Waals surface area (Å²) in [6, 6.07) is 0.623. The number of likely N-dealkylation sites (tertiary alicyclic amines) is 1. The average molecular weight is 235 g/mol. The van der Waals surface area contributed by atoms with Gasteiger partial charge in [-0.15, -0.1) is 0 Å². The van der Waals surface area contributed by atoms with Crippen molar-refractivity contribution in [2.24, 2.45) is 11.8 Å². The SMILES string of the molecule is O=C(C1CCCCC1)N1CCC2CCCCC21. The van der Waals surface area contributed by atoms with E-state index in [-0.39, 0.29) is 0 Å². The number of carbonyl (C=O) groups excluding carboxylic acids is 1. The Morgan fingerprint density at radius 2 is 1.53 bits per heavy atom. The minimum Gasteiger partial charge on any atom is -0.339 e. The van der Waals surface area contributed by atoms with Crippen LogP contribution < -0.4 is 0 Å². The number of carbonyl (C=O) groups is 1. The Balaban J connectivity index is 1.65. The molecule has 2 saturated carbocycles. The molecule has 0 spiro atoms. The first-order valence-electron chi connectivity index (χ1n) is 7.67. The predicted molar refractivity (Wildman–Crippen MR) is 68.7 cm³/mol. The molecule has 0 aromatic heterocycles. The van der Waals surface area contributed by atoms with Gasteiger partial charge in [0.2, 0.25) is 5.91 Å². The highest BCUT2D eigenvalue weighted by Crippen LogP contribution is 2.38. The first kappa shape index (κ1) is 11.6. The van der Waals surface area contributed by atoms with E-state index >= 15 is 0 Å². The van der Waals surface area contributed by atoms with Gasteiger partial charge in [0.15, 0.2) is 0 Å². The Kier molecular flexibility index (Phi) is 3.39. The Morgan fingerprint density at radius 1 is 0.824 bits per heavy atom. The van der Waals surface area contributed by atoms with E-state index in [0.717, 1.165) is 25.3 Å². The number of hydrogen-bond acceptors (Lipinski definition) is 1. The zero-order valence-corrected chi connectivity index (χ0v) is 10.9. The first-order chi connectivity index (χ1) is 8.36. The van der Waals surface area contributed by atoms with Gasteiger partial charge in [-0.3, -0.25) is 4.79 Å². The average Bonchev–Trinajstić information content (AvgIpc) is 2.83. The predicted octanol–water partition coefficient (Wildman–Crippen LogP) is 3.36. The molecule has 1 amide bonds. The molecule has 0 radical (unpaired) electrons. The monoisotopic (exact) mass is 235 g/mol. The smallest absolute Gasteiger partial charge is 0.225 e. The molecule has 17 heavy (non-hydrogen) atoms. The summed E-state index contributed by atoms with van der Waals surface area (Å²) in [6.07, 6.45) is 12.9. The van der Waals surface area contributed by atoms with Gasteiger partial charge in [0, 0.05) is 18.5 Å². The van der Waals surface area contributed by atoms with E-state index in [2.05, 4.69) is 4.90 Å². The molecule has 0 N–H and O–H groups in total. The van der Waals surface area contributed by atoms with Crippen LogP contribution in [0.4, 0.5) is 0 Å². The zero-order valence-electron chi connectivity index (χ0n) is 10.9. The fraction of sp³-hybridized carbons (Fsp3) is 0.933. The van der Waals surface area contributed by atoms with Crippen molar-refractivity contribution < 1.29 is 4.79 Å². The summed E-state index contributed by atoms with van der Waals surface area (Å²) in [4.78, 5) is 14.9. The van der Waals surface area contributed by atoms with E-state index in [0.29, 0.717) is 17.9 Å². The van der Waals surface area contributed by atoms with Crippen LogP contribution in [0.3, 0.4) is 0 Å². The van der Waals surface area contributed by atoms with Crippen molar-refractivity contribution in [3.63, 3.8) is 0 Å². The Bertz CT molecular complexity index is 283. The van der Waals surface area contributed by atoms with Gasteiger partial charge in [0.05, 0.1) is 0 Å². The lowest BCUT2D eigenvalue weighted by atomic mass is 9.84. The molecule has 96 valence electrons. The molecule has 0 bridgehead atoms. The van der Waals surface area contributed by atoms with Crippen molar-refractivity contribution in [1.82, 2.24) is 4.90 Å². The molecule has 0 aromatic carbocycles. The molecule has 2 atom stereocenters. The van der Waals surface area contributed by atoms with Crippen molar-refractivity contribution in [3.05, 3.63) is 0 Å². The van der Waals surface area contributed by atoms with Crippen LogP contribution >= 0.6 is 0 Å². The lowest BCUT2D eigenvalue weighted by Crippen LogP contribution is -2.42. The molecule has 3 rings (SSSR count). The maximum atomic E-state index is 12.6. The van der Waals surface area contributed by atoms with Gasteiger partial charge in [-0.2, -0.15) is 0 Å². The molecule has 1 aliphatic heterocycles. The van der Waals surface area contributed by atoms with E-state index in [4.69, 9.17) is 0 Å². The van der Waals surface area contributed by atoms with Crippen LogP contribution in [0.25, 0.3) is 0 Å². The summed E-state index contributed by atoms with van der Waals surface area (Å²) in [6.45, 7) is 1.06. The number of fused-ring (bicyclic) bond motifs is 1. The minimum atomic E-state index is 0.379. The van der Waals surface area contributed by atoms with Gasteiger partial charge >= 0.3 is 0 Å². The van der Waals surface area contributed by atoms with Gasteiger partial charge in [-0.05, 0) is 38.0 Å². The standard InChI is InChI=1S/C15H25NO/c17-15(13-7-2-1-3-8-13)16-11-10-12-6-4-5-9-14(12)16/h12-14H,1-11H2. The zero-order chi connectivity index (χ0) is 11.7. The third-order valence-corrected chi connectivity index (χ3v) is 5.25. The Hall–Kier alpha value is -0.530. The fourth-order valence-corrected chi connectivity index (χ4v) is 4.26. The second kappa shape index (κ2) is 4.99. The molecule has 1 saturated heterocycles. The molecular formula is C15H25NO. The van der Waals surface area contributed by atoms with Gasteiger partial charge in [-0.1, -0.05) is 32.1 Å². The van der Waals surface area contributed by atoms with E-state index in [1.54, 1.807) is 0 Å². The summed E-state index contributed by atoms with van der Waals surface area (Å²) in [5.74, 6) is 1.74. The van der Waals surface area contributed by atoms with E-state index in [1.165, 1.54) is 51.4 Å². The van der Waals surface area contributed by atoms with Crippen LogP contribution in [-0.2, 0) is 4.79 Å². The lowest BCUT2D eigenvalue weighted by Gasteiger charge is -2.34. The molecule has 3 fully saturated rings. The second-order valence-corrected chi connectivity index (χ2v) is 6.27. The molecule has 2 heteroatoms. The maximum Gasteiger partial charge on any atom is 0.225 e. The van der Waals surface area contributed by atoms with Crippen molar-refractivity contribution >= 4 is 5.91 Å². The number of hydrogen-bond donors (Lipinski definition) is 0. The number of rotatable bonds is 1. The van der Waals surface area contributed by atoms with Gasteiger partial charge in [0.1, 0.15) is 0 Å². The van der Waals surface area contributed by atoms with Crippen molar-refractivity contribution in [1.29, 1.82) is 0 Å². The van der Waals surface area contributed by atoms with Crippen molar-refractivity contribution in [2.45, 2.75) is 70.3 Å². The van der Waals surface area contributed by atoms with Gasteiger partial charge < -0.3 is 4.90 Å². The molecule has 1 heterocycles. The highest BCUT2D eigenvalue weighted by molar-refractivity contribution is 5.79. The van der Waals surface area contributed by atoms with Crippen LogP contribution in [0.1, 0.15) is 64.2 Å². The first-order valence-corrected chi connectivity index (χ1v) is 7.67. The summed E-state index contributed by atoms with van der Waals surface area (Å²) in [5, 5.41) is 0. The molecule has 2 nitrogen and oxygen atoms in total. The molecule has 3 aliphatic rings. The highest BCUT2D eigenvalue weighted by atomic mass is 16.2. The summed E-state index contributed by atoms with van der Waals surface area (Å²) in [7, 11) is 0. The van der Waals surface area contributed by atoms with Crippen LogP contribution in [0.2, 0.25) is 0 Å². The Morgan fingerprint density at radius 3 is 2.35 bits per heavy atom.